The van der Waals surface area contributed by atoms with Crippen LogP contribution in [0.5, 0.6) is 0 Å². The molecule has 0 aromatic heterocycles. The molecule has 1 rings (SSSR count). The van der Waals surface area contributed by atoms with Crippen LogP contribution >= 0.6 is 0 Å². The van der Waals surface area contributed by atoms with Crippen LogP contribution in [0, 0.1) is 6.92 Å². The molecule has 0 atom stereocenters. The Labute approximate surface area is 145 Å². The summed E-state index contributed by atoms with van der Waals surface area (Å²) in [6.45, 7) is 5.00. The Morgan fingerprint density at radius 2 is 1.92 bits per heavy atom. The van der Waals surface area contributed by atoms with Gasteiger partial charge in [0.25, 0.3) is 5.91 Å². The number of ether oxygens (including phenoxy) is 1. The average molecular weight is 356 g/mol. The second-order valence-corrected chi connectivity index (χ2v) is 7.45. The number of carbonyl (C=O) groups is 1. The highest BCUT2D eigenvalue weighted by atomic mass is 32.2. The van der Waals surface area contributed by atoms with Crippen LogP contribution in [0.25, 0.3) is 0 Å². The van der Waals surface area contributed by atoms with Gasteiger partial charge in [0.1, 0.15) is 0 Å². The van der Waals surface area contributed by atoms with Gasteiger partial charge in [-0.15, -0.1) is 0 Å². The molecule has 6 nitrogen and oxygen atoms in total. The van der Waals surface area contributed by atoms with Crippen molar-refractivity contribution in [3.05, 3.63) is 29.3 Å². The van der Waals surface area contributed by atoms with Crippen molar-refractivity contribution in [2.75, 3.05) is 26.8 Å². The smallest absolute Gasteiger partial charge is 0.251 e. The van der Waals surface area contributed by atoms with Gasteiger partial charge in [-0.2, -0.15) is 0 Å². The van der Waals surface area contributed by atoms with Crippen LogP contribution in [0.2, 0.25) is 0 Å². The number of nitrogens with one attached hydrogen (secondary N) is 2. The van der Waals surface area contributed by atoms with Gasteiger partial charge in [-0.05, 0) is 31.0 Å². The van der Waals surface area contributed by atoms with E-state index in [1.54, 1.807) is 13.0 Å². The summed E-state index contributed by atoms with van der Waals surface area (Å²) in [6.07, 6.45) is 4.29. The first-order valence-corrected chi connectivity index (χ1v) is 9.78. The molecule has 1 amide bonds. The predicted octanol–water partition coefficient (Wildman–Crippen LogP) is 2.23. The number of amides is 1. The Bertz CT molecular complexity index is 629. The molecular weight excluding hydrogens is 328 g/mol. The second-order valence-electron chi connectivity index (χ2n) is 5.68. The number of hydrogen-bond acceptors (Lipinski definition) is 4. The minimum Gasteiger partial charge on any atom is -0.383 e. The topological polar surface area (TPSA) is 84.5 Å². The highest BCUT2D eigenvalue weighted by Gasteiger charge is 2.17. The van der Waals surface area contributed by atoms with Crippen LogP contribution in [0.3, 0.4) is 0 Å². The van der Waals surface area contributed by atoms with Crippen LogP contribution in [-0.2, 0) is 14.8 Å². The standard InChI is InChI=1S/C17H28N2O4S/c1-4-5-6-7-10-18-17(20)16-13-15(9-8-14(16)2)24(21,22)19-11-12-23-3/h8-9,13,19H,4-7,10-12H2,1-3H3,(H,18,20). The Hall–Kier alpha value is -1.44. The van der Waals surface area contributed by atoms with Crippen molar-refractivity contribution in [2.45, 2.75) is 44.4 Å². The number of hydrogen-bond donors (Lipinski definition) is 2. The molecule has 1 aromatic rings. The molecule has 0 bridgehead atoms. The van der Waals surface area contributed by atoms with Gasteiger partial charge in [0, 0.05) is 25.8 Å². The van der Waals surface area contributed by atoms with E-state index >= 15 is 0 Å². The first kappa shape index (κ1) is 20.6. The fraction of sp³-hybridized carbons (Fsp3) is 0.588. The van der Waals surface area contributed by atoms with E-state index in [2.05, 4.69) is 17.0 Å². The summed E-state index contributed by atoms with van der Waals surface area (Å²) in [5.41, 5.74) is 1.14. The third-order valence-corrected chi connectivity index (χ3v) is 5.14. The van der Waals surface area contributed by atoms with Crippen LogP contribution in [0.4, 0.5) is 0 Å². The van der Waals surface area contributed by atoms with Crippen molar-refractivity contribution in [3.8, 4) is 0 Å². The third kappa shape index (κ3) is 6.59. The average Bonchev–Trinajstić information content (AvgIpc) is 2.54. The van der Waals surface area contributed by atoms with Gasteiger partial charge in [0.05, 0.1) is 11.5 Å². The lowest BCUT2D eigenvalue weighted by Crippen LogP contribution is -2.28. The number of benzene rings is 1. The molecule has 0 radical (unpaired) electrons. The maximum atomic E-state index is 12.3. The molecule has 0 fully saturated rings. The zero-order valence-electron chi connectivity index (χ0n) is 14.7. The summed E-state index contributed by atoms with van der Waals surface area (Å²) in [6, 6.07) is 4.57. The first-order chi connectivity index (χ1) is 11.4. The monoisotopic (exact) mass is 356 g/mol. The molecule has 0 saturated carbocycles. The lowest BCUT2D eigenvalue weighted by molar-refractivity contribution is 0.0952. The molecule has 0 spiro atoms. The summed E-state index contributed by atoms with van der Waals surface area (Å²) in [5, 5.41) is 2.86. The molecule has 24 heavy (non-hydrogen) atoms. The van der Waals surface area contributed by atoms with Crippen LogP contribution < -0.4 is 10.0 Å². The SMILES string of the molecule is CCCCCCNC(=O)c1cc(S(=O)(=O)NCCOC)ccc1C. The molecule has 0 saturated heterocycles. The van der Waals surface area contributed by atoms with Gasteiger partial charge in [0.2, 0.25) is 10.0 Å². The molecular formula is C17H28N2O4S. The predicted molar refractivity (Wildman–Crippen MR) is 94.7 cm³/mol. The summed E-state index contributed by atoms with van der Waals surface area (Å²) in [4.78, 5) is 12.4. The van der Waals surface area contributed by atoms with Crippen molar-refractivity contribution in [1.82, 2.24) is 10.0 Å². The number of rotatable bonds is 11. The minimum absolute atomic E-state index is 0.0836. The normalized spacial score (nSPS) is 11.5. The van der Waals surface area contributed by atoms with Gasteiger partial charge >= 0.3 is 0 Å². The number of methoxy groups -OCH3 is 1. The third-order valence-electron chi connectivity index (χ3n) is 3.68. The van der Waals surface area contributed by atoms with E-state index in [0.717, 1.165) is 31.2 Å². The van der Waals surface area contributed by atoms with Crippen molar-refractivity contribution < 1.29 is 17.9 Å². The van der Waals surface area contributed by atoms with Crippen molar-refractivity contribution in [1.29, 1.82) is 0 Å². The van der Waals surface area contributed by atoms with Crippen LogP contribution in [-0.4, -0.2) is 41.1 Å². The number of sulfonamides is 1. The Balaban J connectivity index is 2.76. The lowest BCUT2D eigenvalue weighted by atomic mass is 10.1. The highest BCUT2D eigenvalue weighted by molar-refractivity contribution is 7.89. The maximum absolute atomic E-state index is 12.3. The zero-order chi connectivity index (χ0) is 18.0. The maximum Gasteiger partial charge on any atom is 0.251 e. The number of unbranched alkanes of at least 4 members (excludes halogenated alkanes) is 3. The fourth-order valence-electron chi connectivity index (χ4n) is 2.22. The molecule has 0 aliphatic heterocycles. The summed E-state index contributed by atoms with van der Waals surface area (Å²) >= 11 is 0. The number of carbonyl (C=O) groups excluding carboxylic acids is 1. The van der Waals surface area contributed by atoms with Crippen LogP contribution in [0.15, 0.2) is 23.1 Å². The van der Waals surface area contributed by atoms with Crippen molar-refractivity contribution in [3.63, 3.8) is 0 Å². The molecule has 0 unspecified atom stereocenters. The molecule has 136 valence electrons. The second kappa shape index (κ2) is 10.4. The lowest BCUT2D eigenvalue weighted by Gasteiger charge is -2.11. The quantitative estimate of drug-likeness (QED) is 0.596. The Morgan fingerprint density at radius 3 is 2.58 bits per heavy atom. The van der Waals surface area contributed by atoms with Gasteiger partial charge in [0.15, 0.2) is 0 Å². The molecule has 7 heteroatoms. The zero-order valence-corrected chi connectivity index (χ0v) is 15.5. The van der Waals surface area contributed by atoms with E-state index in [1.807, 2.05) is 0 Å². The van der Waals surface area contributed by atoms with E-state index in [0.29, 0.717) is 12.1 Å². The van der Waals surface area contributed by atoms with E-state index in [-0.39, 0.29) is 24.0 Å². The van der Waals surface area contributed by atoms with E-state index in [4.69, 9.17) is 4.74 Å². The summed E-state index contributed by atoms with van der Waals surface area (Å²) in [5.74, 6) is -0.238. The Morgan fingerprint density at radius 1 is 1.17 bits per heavy atom. The minimum atomic E-state index is -3.65. The van der Waals surface area contributed by atoms with Crippen molar-refractivity contribution in [2.24, 2.45) is 0 Å². The van der Waals surface area contributed by atoms with E-state index in [9.17, 15) is 13.2 Å². The first-order valence-electron chi connectivity index (χ1n) is 8.29. The fourth-order valence-corrected chi connectivity index (χ4v) is 3.26. The molecule has 0 heterocycles. The van der Waals surface area contributed by atoms with Crippen LogP contribution in [0.1, 0.15) is 48.5 Å². The van der Waals surface area contributed by atoms with Gasteiger partial charge in [-0.25, -0.2) is 13.1 Å². The highest BCUT2D eigenvalue weighted by Crippen LogP contribution is 2.15. The summed E-state index contributed by atoms with van der Waals surface area (Å²) < 4.78 is 31.7. The van der Waals surface area contributed by atoms with Gasteiger partial charge in [-0.1, -0.05) is 32.3 Å². The molecule has 2 N–H and O–H groups in total. The van der Waals surface area contributed by atoms with Gasteiger partial charge < -0.3 is 10.1 Å². The number of aryl methyl sites for hydroxylation is 1. The molecule has 0 aliphatic rings. The van der Waals surface area contributed by atoms with Crippen molar-refractivity contribution >= 4 is 15.9 Å². The van der Waals surface area contributed by atoms with E-state index < -0.39 is 10.0 Å². The van der Waals surface area contributed by atoms with E-state index in [1.165, 1.54) is 19.2 Å². The van der Waals surface area contributed by atoms with Gasteiger partial charge in [-0.3, -0.25) is 4.79 Å². The molecule has 0 aliphatic carbocycles. The largest absolute Gasteiger partial charge is 0.383 e. The Kier molecular flexibility index (Phi) is 8.95. The summed E-state index contributed by atoms with van der Waals surface area (Å²) in [7, 11) is -2.14. The molecule has 1 aromatic carbocycles.